The Labute approximate surface area is 151 Å². The van der Waals surface area contributed by atoms with Gasteiger partial charge >= 0.3 is 11.9 Å². The summed E-state index contributed by atoms with van der Waals surface area (Å²) in [5.74, 6) is -2.82. The zero-order valence-electron chi connectivity index (χ0n) is 13.0. The van der Waals surface area contributed by atoms with Crippen molar-refractivity contribution in [1.82, 2.24) is 10.2 Å². The van der Waals surface area contributed by atoms with Gasteiger partial charge in [-0.25, -0.2) is 9.89 Å². The van der Waals surface area contributed by atoms with Gasteiger partial charge in [0.25, 0.3) is 5.56 Å². The third-order valence-corrected chi connectivity index (χ3v) is 3.46. The van der Waals surface area contributed by atoms with Gasteiger partial charge in [0.05, 0.1) is 10.0 Å². The van der Waals surface area contributed by atoms with Crippen molar-refractivity contribution in [1.29, 1.82) is 0 Å². The van der Waals surface area contributed by atoms with E-state index < -0.39 is 17.4 Å². The Morgan fingerprint density at radius 3 is 2.36 bits per heavy atom. The van der Waals surface area contributed by atoms with Crippen molar-refractivity contribution >= 4 is 46.5 Å². The Kier molecular flexibility index (Phi) is 5.50. The lowest BCUT2D eigenvalue weighted by Crippen LogP contribution is -2.21. The van der Waals surface area contributed by atoms with Crippen LogP contribution in [0, 0.1) is 0 Å². The van der Waals surface area contributed by atoms with Gasteiger partial charge in [0.2, 0.25) is 5.88 Å². The van der Waals surface area contributed by atoms with E-state index in [1.807, 2.05) is 0 Å². The molecule has 1 aromatic carbocycles. The number of carboxylic acid groups (broad SMARTS) is 1. The SMILES string of the molecule is CN(C)c1cc(Oc2c(Cl)cc(NC(=O)C(=O)O)cc2Cl)n[nH]c1=O. The minimum absolute atomic E-state index is 0.00703. The highest BCUT2D eigenvalue weighted by Crippen LogP contribution is 2.38. The number of H-pyrrole nitrogens is 1. The molecule has 0 unspecified atom stereocenters. The highest BCUT2D eigenvalue weighted by atomic mass is 35.5. The zero-order valence-corrected chi connectivity index (χ0v) is 14.5. The number of aromatic nitrogens is 2. The van der Waals surface area contributed by atoms with Gasteiger partial charge in [0.1, 0.15) is 5.69 Å². The summed E-state index contributed by atoms with van der Waals surface area (Å²) in [6, 6.07) is 3.93. The van der Waals surface area contributed by atoms with Gasteiger partial charge in [-0.3, -0.25) is 9.59 Å². The number of aromatic amines is 1. The molecule has 0 fully saturated rings. The molecule has 1 amide bonds. The lowest BCUT2D eigenvalue weighted by atomic mass is 10.3. The highest BCUT2D eigenvalue weighted by Gasteiger charge is 2.16. The van der Waals surface area contributed by atoms with Gasteiger partial charge in [-0.1, -0.05) is 23.2 Å². The van der Waals surface area contributed by atoms with Crippen LogP contribution in [0.2, 0.25) is 10.0 Å². The molecule has 0 saturated heterocycles. The fraction of sp³-hybridized carbons (Fsp3) is 0.143. The number of halogens is 2. The maximum absolute atomic E-state index is 11.6. The quantitative estimate of drug-likeness (QED) is 0.685. The van der Waals surface area contributed by atoms with Crippen LogP contribution in [0.1, 0.15) is 0 Å². The number of carboxylic acids is 1. The Morgan fingerprint density at radius 2 is 1.84 bits per heavy atom. The smallest absolute Gasteiger partial charge is 0.394 e. The molecule has 0 radical (unpaired) electrons. The molecule has 0 spiro atoms. The minimum Gasteiger partial charge on any atom is -0.474 e. The van der Waals surface area contributed by atoms with Crippen LogP contribution < -0.4 is 20.5 Å². The number of carbonyl (C=O) groups excluding carboxylic acids is 1. The first kappa shape index (κ1) is 18.6. The average molecular weight is 387 g/mol. The number of amides is 1. The Hall–Kier alpha value is -2.78. The topological polar surface area (TPSA) is 125 Å². The van der Waals surface area contributed by atoms with Crippen molar-refractivity contribution in [2.24, 2.45) is 0 Å². The van der Waals surface area contributed by atoms with E-state index in [4.69, 9.17) is 33.0 Å². The number of carbonyl (C=O) groups is 2. The number of rotatable bonds is 4. The lowest BCUT2D eigenvalue weighted by Gasteiger charge is -2.14. The van der Waals surface area contributed by atoms with Gasteiger partial charge in [-0.15, -0.1) is 5.10 Å². The summed E-state index contributed by atoms with van der Waals surface area (Å²) in [5, 5.41) is 16.7. The molecule has 1 heterocycles. The molecule has 0 aliphatic rings. The molecule has 1 aromatic heterocycles. The number of benzene rings is 1. The third kappa shape index (κ3) is 4.40. The van der Waals surface area contributed by atoms with Crippen molar-refractivity contribution in [3.63, 3.8) is 0 Å². The van der Waals surface area contributed by atoms with Crippen LogP contribution in [0.3, 0.4) is 0 Å². The van der Waals surface area contributed by atoms with Gasteiger partial charge in [-0.2, -0.15) is 0 Å². The van der Waals surface area contributed by atoms with E-state index in [2.05, 4.69) is 15.5 Å². The Balaban J connectivity index is 2.32. The second-order valence-electron chi connectivity index (χ2n) is 4.95. The number of ether oxygens (including phenoxy) is 1. The van der Waals surface area contributed by atoms with Crippen LogP contribution in [0.15, 0.2) is 23.0 Å². The van der Waals surface area contributed by atoms with Crippen molar-refractivity contribution in [2.75, 3.05) is 24.3 Å². The molecular weight excluding hydrogens is 375 g/mol. The van der Waals surface area contributed by atoms with E-state index in [1.54, 1.807) is 19.0 Å². The van der Waals surface area contributed by atoms with Crippen LogP contribution in [0.4, 0.5) is 11.4 Å². The second kappa shape index (κ2) is 7.41. The molecule has 2 aromatic rings. The van der Waals surface area contributed by atoms with Gasteiger partial charge in [-0.05, 0) is 12.1 Å². The van der Waals surface area contributed by atoms with Crippen LogP contribution in [-0.2, 0) is 9.59 Å². The van der Waals surface area contributed by atoms with E-state index in [0.29, 0.717) is 5.69 Å². The van der Waals surface area contributed by atoms with Crippen molar-refractivity contribution in [2.45, 2.75) is 0 Å². The number of nitrogens with one attached hydrogen (secondary N) is 2. The van der Waals surface area contributed by atoms with Crippen molar-refractivity contribution < 1.29 is 19.4 Å². The molecule has 9 nitrogen and oxygen atoms in total. The largest absolute Gasteiger partial charge is 0.474 e. The van der Waals surface area contributed by atoms with E-state index in [9.17, 15) is 14.4 Å². The predicted octanol–water partition coefficient (Wildman–Crippen LogP) is 1.96. The molecule has 25 heavy (non-hydrogen) atoms. The molecular formula is C14H12Cl2N4O5. The monoisotopic (exact) mass is 386 g/mol. The van der Waals surface area contributed by atoms with E-state index in [1.165, 1.54) is 18.2 Å². The summed E-state index contributed by atoms with van der Waals surface area (Å²) in [6.07, 6.45) is 0. The molecule has 0 aliphatic heterocycles. The van der Waals surface area contributed by atoms with Gasteiger partial charge in [0, 0.05) is 25.8 Å². The van der Waals surface area contributed by atoms with Crippen molar-refractivity contribution in [3.8, 4) is 11.6 Å². The minimum atomic E-state index is -1.65. The second-order valence-corrected chi connectivity index (χ2v) is 5.76. The number of nitrogens with zero attached hydrogens (tertiary/aromatic N) is 2. The summed E-state index contributed by atoms with van der Waals surface area (Å²) in [4.78, 5) is 34.9. The molecule has 132 valence electrons. The summed E-state index contributed by atoms with van der Waals surface area (Å²) in [5.41, 5.74) is -0.0120. The summed E-state index contributed by atoms with van der Waals surface area (Å²) in [6.45, 7) is 0. The third-order valence-electron chi connectivity index (χ3n) is 2.90. The standard InChI is InChI=1S/C14H12Cl2N4O5/c1-20(2)9-5-10(18-19-12(9)21)25-11-7(15)3-6(4-8(11)16)17-13(22)14(23)24/h3-5H,1-2H3,(H,17,22)(H,19,21)(H,23,24). The molecule has 3 N–H and O–H groups in total. The predicted molar refractivity (Wildman–Crippen MR) is 92.0 cm³/mol. The fourth-order valence-corrected chi connectivity index (χ4v) is 2.35. The van der Waals surface area contributed by atoms with E-state index in [0.717, 1.165) is 0 Å². The normalized spacial score (nSPS) is 10.2. The number of aliphatic carboxylic acids is 1. The first-order valence-corrected chi connectivity index (χ1v) is 7.43. The fourth-order valence-electron chi connectivity index (χ4n) is 1.78. The molecule has 0 saturated carbocycles. The first-order valence-electron chi connectivity index (χ1n) is 6.67. The maximum Gasteiger partial charge on any atom is 0.394 e. The van der Waals surface area contributed by atoms with E-state index in [-0.39, 0.29) is 27.4 Å². The zero-order chi connectivity index (χ0) is 18.7. The van der Waals surface area contributed by atoms with E-state index >= 15 is 0 Å². The summed E-state index contributed by atoms with van der Waals surface area (Å²) >= 11 is 12.1. The van der Waals surface area contributed by atoms with Crippen LogP contribution in [0.5, 0.6) is 11.6 Å². The number of hydrogen-bond donors (Lipinski definition) is 3. The van der Waals surface area contributed by atoms with Crippen LogP contribution in [0.25, 0.3) is 0 Å². The molecule has 11 heteroatoms. The summed E-state index contributed by atoms with van der Waals surface area (Å²) < 4.78 is 5.49. The molecule has 0 aliphatic carbocycles. The molecule has 0 bridgehead atoms. The average Bonchev–Trinajstić information content (AvgIpc) is 2.52. The van der Waals surface area contributed by atoms with Crippen molar-refractivity contribution in [3.05, 3.63) is 38.6 Å². The van der Waals surface area contributed by atoms with Crippen LogP contribution in [-0.4, -0.2) is 41.3 Å². The van der Waals surface area contributed by atoms with Gasteiger partial charge in [0.15, 0.2) is 5.75 Å². The highest BCUT2D eigenvalue weighted by molar-refractivity contribution is 6.39. The van der Waals surface area contributed by atoms with Crippen LogP contribution >= 0.6 is 23.2 Å². The van der Waals surface area contributed by atoms with Gasteiger partial charge < -0.3 is 20.1 Å². The molecule has 0 atom stereocenters. The number of anilines is 2. The molecule has 2 rings (SSSR count). The number of hydrogen-bond acceptors (Lipinski definition) is 6. The Bertz CT molecular complexity index is 874. The lowest BCUT2D eigenvalue weighted by molar-refractivity contribution is -0.147. The maximum atomic E-state index is 11.6. The first-order chi connectivity index (χ1) is 11.7. The Morgan fingerprint density at radius 1 is 1.24 bits per heavy atom. The summed E-state index contributed by atoms with van der Waals surface area (Å²) in [7, 11) is 3.35.